The highest BCUT2D eigenvalue weighted by Crippen LogP contribution is 2.26. The van der Waals surface area contributed by atoms with E-state index < -0.39 is 11.8 Å². The summed E-state index contributed by atoms with van der Waals surface area (Å²) in [5.74, 6) is -1.58. The zero-order valence-corrected chi connectivity index (χ0v) is 9.50. The quantitative estimate of drug-likeness (QED) is 0.914. The van der Waals surface area contributed by atoms with Gasteiger partial charge in [-0.15, -0.1) is 0 Å². The van der Waals surface area contributed by atoms with Gasteiger partial charge in [0.1, 0.15) is 34.6 Å². The smallest absolute Gasteiger partial charge is 0.354 e. The summed E-state index contributed by atoms with van der Waals surface area (Å²) in [7, 11) is 0. The number of halogens is 1. The second-order valence-electron chi connectivity index (χ2n) is 3.51. The van der Waals surface area contributed by atoms with Crippen molar-refractivity contribution in [2.24, 2.45) is 0 Å². The van der Waals surface area contributed by atoms with Crippen LogP contribution in [-0.2, 0) is 0 Å². The number of rotatable bonds is 3. The topological polar surface area (TPSA) is 83.2 Å². The van der Waals surface area contributed by atoms with Crippen LogP contribution < -0.4 is 4.74 Å². The molecule has 0 saturated heterocycles. The van der Waals surface area contributed by atoms with Gasteiger partial charge >= 0.3 is 5.97 Å². The lowest BCUT2D eigenvalue weighted by atomic mass is 10.2. The summed E-state index contributed by atoms with van der Waals surface area (Å²) < 4.78 is 18.6. The lowest BCUT2D eigenvalue weighted by Crippen LogP contribution is -1.99. The zero-order valence-electron chi connectivity index (χ0n) is 9.50. The van der Waals surface area contributed by atoms with Crippen LogP contribution in [0.1, 0.15) is 16.1 Å². The number of carboxylic acid groups (broad SMARTS) is 1. The Bertz CT molecular complexity index is 663. The molecule has 6 heteroatoms. The van der Waals surface area contributed by atoms with Crippen LogP contribution in [-0.4, -0.2) is 16.1 Å². The fourth-order valence-electron chi connectivity index (χ4n) is 1.39. The fourth-order valence-corrected chi connectivity index (χ4v) is 1.39. The van der Waals surface area contributed by atoms with Crippen molar-refractivity contribution in [3.8, 4) is 17.6 Å². The summed E-state index contributed by atoms with van der Waals surface area (Å²) in [6.07, 6.45) is 1.19. The van der Waals surface area contributed by atoms with Crippen LogP contribution >= 0.6 is 0 Å². The lowest BCUT2D eigenvalue weighted by molar-refractivity contribution is 0.0690. The van der Waals surface area contributed by atoms with Crippen LogP contribution in [0.5, 0.6) is 11.5 Å². The van der Waals surface area contributed by atoms with E-state index in [1.165, 1.54) is 30.5 Å². The standard InChI is InChI=1S/C13H7FN2O3/c14-10-2-1-3-12(9(10)6-15)19-8-4-5-11(13(17)18)16-7-8/h1-5,7H,(H,17,18). The zero-order chi connectivity index (χ0) is 13.8. The van der Waals surface area contributed by atoms with Crippen molar-refractivity contribution in [2.75, 3.05) is 0 Å². The molecule has 1 N–H and O–H groups in total. The molecule has 0 aliphatic carbocycles. The molecule has 94 valence electrons. The summed E-state index contributed by atoms with van der Waals surface area (Å²) in [6.45, 7) is 0. The molecular weight excluding hydrogens is 251 g/mol. The molecule has 0 radical (unpaired) electrons. The average Bonchev–Trinajstić information content (AvgIpc) is 2.39. The van der Waals surface area contributed by atoms with Crippen LogP contribution in [0.2, 0.25) is 0 Å². The van der Waals surface area contributed by atoms with E-state index >= 15 is 0 Å². The second kappa shape index (κ2) is 5.14. The lowest BCUT2D eigenvalue weighted by Gasteiger charge is -2.07. The molecular formula is C13H7FN2O3. The van der Waals surface area contributed by atoms with Crippen LogP contribution in [0.15, 0.2) is 36.5 Å². The largest absolute Gasteiger partial charge is 0.477 e. The maximum atomic E-state index is 13.3. The van der Waals surface area contributed by atoms with Gasteiger partial charge in [-0.1, -0.05) is 6.07 Å². The molecule has 0 saturated carbocycles. The van der Waals surface area contributed by atoms with Crippen molar-refractivity contribution >= 4 is 5.97 Å². The number of ether oxygens (including phenoxy) is 1. The molecule has 1 aromatic heterocycles. The summed E-state index contributed by atoms with van der Waals surface area (Å²) in [4.78, 5) is 14.3. The highest BCUT2D eigenvalue weighted by atomic mass is 19.1. The van der Waals surface area contributed by atoms with Crippen molar-refractivity contribution < 1.29 is 19.0 Å². The van der Waals surface area contributed by atoms with Crippen molar-refractivity contribution in [3.05, 3.63) is 53.6 Å². The fraction of sp³-hybridized carbons (Fsp3) is 0. The van der Waals surface area contributed by atoms with E-state index in [1.54, 1.807) is 6.07 Å². The molecule has 0 amide bonds. The third-order valence-corrected chi connectivity index (χ3v) is 2.27. The molecule has 0 aliphatic heterocycles. The van der Waals surface area contributed by atoms with Crippen LogP contribution in [0.25, 0.3) is 0 Å². The Hall–Kier alpha value is -2.94. The molecule has 0 spiro atoms. The Kier molecular flexibility index (Phi) is 3.39. The van der Waals surface area contributed by atoms with Gasteiger partial charge in [-0.2, -0.15) is 5.26 Å². The normalized spacial score (nSPS) is 9.68. The molecule has 1 heterocycles. The van der Waals surface area contributed by atoms with E-state index in [1.807, 2.05) is 0 Å². The maximum Gasteiger partial charge on any atom is 0.354 e. The predicted octanol–water partition coefficient (Wildman–Crippen LogP) is 2.58. The number of aromatic carboxylic acids is 1. The molecule has 0 atom stereocenters. The second-order valence-corrected chi connectivity index (χ2v) is 3.51. The van der Waals surface area contributed by atoms with Gasteiger partial charge in [0, 0.05) is 0 Å². The number of nitrogens with zero attached hydrogens (tertiary/aromatic N) is 2. The molecule has 5 nitrogen and oxygen atoms in total. The van der Waals surface area contributed by atoms with Gasteiger partial charge in [0.2, 0.25) is 0 Å². The minimum atomic E-state index is -1.16. The van der Waals surface area contributed by atoms with Crippen LogP contribution in [0, 0.1) is 17.1 Å². The summed E-state index contributed by atoms with van der Waals surface area (Å²) in [6, 6.07) is 8.32. The Morgan fingerprint density at radius 2 is 2.16 bits per heavy atom. The average molecular weight is 258 g/mol. The first-order valence-corrected chi connectivity index (χ1v) is 5.17. The number of carbonyl (C=O) groups is 1. The highest BCUT2D eigenvalue weighted by Gasteiger charge is 2.10. The number of carboxylic acids is 1. The first-order chi connectivity index (χ1) is 9.11. The molecule has 2 aromatic rings. The van der Waals surface area contributed by atoms with Gasteiger partial charge < -0.3 is 9.84 Å². The van der Waals surface area contributed by atoms with Crippen molar-refractivity contribution in [3.63, 3.8) is 0 Å². The van der Waals surface area contributed by atoms with Crippen LogP contribution in [0.3, 0.4) is 0 Å². The first kappa shape index (κ1) is 12.5. The first-order valence-electron chi connectivity index (χ1n) is 5.17. The van der Waals surface area contributed by atoms with Gasteiger partial charge in [0.05, 0.1) is 6.20 Å². The maximum absolute atomic E-state index is 13.3. The van der Waals surface area contributed by atoms with E-state index in [-0.39, 0.29) is 22.8 Å². The Morgan fingerprint density at radius 3 is 2.74 bits per heavy atom. The summed E-state index contributed by atoms with van der Waals surface area (Å²) in [5, 5.41) is 17.5. The van der Waals surface area contributed by atoms with E-state index in [0.29, 0.717) is 0 Å². The van der Waals surface area contributed by atoms with Gasteiger partial charge in [0.25, 0.3) is 0 Å². The molecule has 0 bridgehead atoms. The van der Waals surface area contributed by atoms with Gasteiger partial charge in [-0.05, 0) is 24.3 Å². The molecule has 2 rings (SSSR count). The van der Waals surface area contributed by atoms with Crippen molar-refractivity contribution in [1.29, 1.82) is 5.26 Å². The van der Waals surface area contributed by atoms with E-state index in [2.05, 4.69) is 4.98 Å². The summed E-state index contributed by atoms with van der Waals surface area (Å²) >= 11 is 0. The monoisotopic (exact) mass is 258 g/mol. The van der Waals surface area contributed by atoms with Crippen LogP contribution in [0.4, 0.5) is 4.39 Å². The van der Waals surface area contributed by atoms with Gasteiger partial charge in [-0.25, -0.2) is 14.2 Å². The predicted molar refractivity (Wildman–Crippen MR) is 62.4 cm³/mol. The number of hydrogen-bond donors (Lipinski definition) is 1. The molecule has 0 aliphatic rings. The number of pyridine rings is 1. The number of hydrogen-bond acceptors (Lipinski definition) is 4. The third kappa shape index (κ3) is 2.66. The van der Waals surface area contributed by atoms with E-state index in [4.69, 9.17) is 15.1 Å². The molecule has 1 aromatic carbocycles. The molecule has 0 unspecified atom stereocenters. The number of aromatic nitrogens is 1. The minimum Gasteiger partial charge on any atom is -0.477 e. The molecule has 19 heavy (non-hydrogen) atoms. The van der Waals surface area contributed by atoms with E-state index in [9.17, 15) is 9.18 Å². The van der Waals surface area contributed by atoms with Gasteiger partial charge in [0.15, 0.2) is 0 Å². The van der Waals surface area contributed by atoms with Crippen molar-refractivity contribution in [2.45, 2.75) is 0 Å². The SMILES string of the molecule is N#Cc1c(F)cccc1Oc1ccc(C(=O)O)nc1. The highest BCUT2D eigenvalue weighted by molar-refractivity contribution is 5.85. The molecule has 0 fully saturated rings. The number of nitriles is 1. The Labute approximate surface area is 107 Å². The third-order valence-electron chi connectivity index (χ3n) is 2.27. The Morgan fingerprint density at radius 1 is 1.37 bits per heavy atom. The summed E-state index contributed by atoms with van der Waals surface area (Å²) in [5.41, 5.74) is -0.350. The van der Waals surface area contributed by atoms with E-state index in [0.717, 1.165) is 6.07 Å². The van der Waals surface area contributed by atoms with Gasteiger partial charge in [-0.3, -0.25) is 0 Å². The van der Waals surface area contributed by atoms with Crippen molar-refractivity contribution in [1.82, 2.24) is 4.98 Å². The minimum absolute atomic E-state index is 0.0485. The number of benzene rings is 1. The Balaban J connectivity index is 2.29.